The predicted molar refractivity (Wildman–Crippen MR) is 101 cm³/mol. The van der Waals surface area contributed by atoms with Crippen molar-refractivity contribution in [2.24, 2.45) is 0 Å². The Balaban J connectivity index is 1.97. The zero-order valence-corrected chi connectivity index (χ0v) is 16.4. The molecule has 10 heteroatoms. The molecule has 1 fully saturated rings. The van der Waals surface area contributed by atoms with E-state index in [1.54, 1.807) is 0 Å². The summed E-state index contributed by atoms with van der Waals surface area (Å²) < 4.78 is 26.8. The van der Waals surface area contributed by atoms with Crippen molar-refractivity contribution in [3.05, 3.63) is 34.4 Å². The van der Waals surface area contributed by atoms with Crippen LogP contribution in [0.1, 0.15) is 26.7 Å². The SMILES string of the molecule is CCC[C@H](C)NC(=O)CN1CCN(S(=O)(=O)c2ccccc2[N+](=O)[O-])CC1. The molecule has 1 heterocycles. The fourth-order valence-corrected chi connectivity index (χ4v) is 4.70. The minimum absolute atomic E-state index is 0.0778. The largest absolute Gasteiger partial charge is 0.353 e. The number of nitrogens with one attached hydrogen (secondary N) is 1. The van der Waals surface area contributed by atoms with E-state index in [2.05, 4.69) is 12.2 Å². The highest BCUT2D eigenvalue weighted by molar-refractivity contribution is 7.89. The van der Waals surface area contributed by atoms with Gasteiger partial charge in [-0.3, -0.25) is 19.8 Å². The van der Waals surface area contributed by atoms with Crippen molar-refractivity contribution in [2.45, 2.75) is 37.6 Å². The van der Waals surface area contributed by atoms with E-state index in [1.807, 2.05) is 11.8 Å². The van der Waals surface area contributed by atoms with Crippen LogP contribution < -0.4 is 5.32 Å². The van der Waals surface area contributed by atoms with E-state index in [-0.39, 0.29) is 36.5 Å². The summed E-state index contributed by atoms with van der Waals surface area (Å²) in [5, 5.41) is 14.1. The number of nitrogens with zero attached hydrogens (tertiary/aromatic N) is 3. The van der Waals surface area contributed by atoms with Crippen LogP contribution in [-0.4, -0.2) is 67.2 Å². The Kier molecular flexibility index (Phi) is 7.28. The molecule has 1 aromatic carbocycles. The number of rotatable bonds is 8. The summed E-state index contributed by atoms with van der Waals surface area (Å²) in [5.74, 6) is -0.0778. The summed E-state index contributed by atoms with van der Waals surface area (Å²) in [5.41, 5.74) is -0.427. The van der Waals surface area contributed by atoms with E-state index >= 15 is 0 Å². The van der Waals surface area contributed by atoms with Crippen LogP contribution in [0.15, 0.2) is 29.2 Å². The molecule has 1 saturated heterocycles. The minimum Gasteiger partial charge on any atom is -0.353 e. The van der Waals surface area contributed by atoms with Gasteiger partial charge in [-0.25, -0.2) is 8.42 Å². The van der Waals surface area contributed by atoms with Crippen molar-refractivity contribution >= 4 is 21.6 Å². The molecule has 1 aliphatic rings. The number of benzene rings is 1. The molecule has 1 N–H and O–H groups in total. The average Bonchev–Trinajstić information content (AvgIpc) is 2.62. The quantitative estimate of drug-likeness (QED) is 0.520. The van der Waals surface area contributed by atoms with Gasteiger partial charge in [0.05, 0.1) is 11.5 Å². The Morgan fingerprint density at radius 1 is 1.26 bits per heavy atom. The smallest absolute Gasteiger partial charge is 0.289 e. The van der Waals surface area contributed by atoms with Crippen molar-refractivity contribution in [1.29, 1.82) is 0 Å². The molecular weight excluding hydrogens is 372 g/mol. The Labute approximate surface area is 159 Å². The van der Waals surface area contributed by atoms with Crippen LogP contribution >= 0.6 is 0 Å². The highest BCUT2D eigenvalue weighted by atomic mass is 32.2. The number of sulfonamides is 1. The van der Waals surface area contributed by atoms with E-state index in [1.165, 1.54) is 28.6 Å². The van der Waals surface area contributed by atoms with Gasteiger partial charge in [-0.15, -0.1) is 0 Å². The number of carbonyl (C=O) groups excluding carboxylic acids is 1. The second kappa shape index (κ2) is 9.25. The predicted octanol–water partition coefficient (Wildman–Crippen LogP) is 1.21. The molecule has 0 aromatic heterocycles. The summed E-state index contributed by atoms with van der Waals surface area (Å²) in [6, 6.07) is 5.46. The second-order valence-electron chi connectivity index (χ2n) is 6.66. The van der Waals surface area contributed by atoms with Crippen molar-refractivity contribution < 1.29 is 18.1 Å². The Morgan fingerprint density at radius 2 is 1.89 bits per heavy atom. The molecular formula is C17H26N4O5S. The van der Waals surface area contributed by atoms with Crippen molar-refractivity contribution in [1.82, 2.24) is 14.5 Å². The molecule has 0 spiro atoms. The summed E-state index contributed by atoms with van der Waals surface area (Å²) in [7, 11) is -3.95. The summed E-state index contributed by atoms with van der Waals surface area (Å²) in [6.45, 7) is 5.40. The molecule has 1 aromatic rings. The van der Waals surface area contributed by atoms with Crippen LogP contribution in [0.5, 0.6) is 0 Å². The summed E-state index contributed by atoms with van der Waals surface area (Å²) in [4.78, 5) is 24.1. The first-order chi connectivity index (χ1) is 12.8. The normalized spacial score (nSPS) is 17.4. The molecule has 2 rings (SSSR count). The molecule has 150 valence electrons. The standard InChI is InChI=1S/C17H26N4O5S/c1-3-6-14(2)18-17(22)13-19-9-11-20(12-10-19)27(25,26)16-8-5-4-7-15(16)21(23)24/h4-5,7-8,14H,3,6,9-13H2,1-2H3,(H,18,22)/t14-/m0/s1. The van der Waals surface area contributed by atoms with Crippen LogP contribution in [0, 0.1) is 10.1 Å². The van der Waals surface area contributed by atoms with E-state index in [0.29, 0.717) is 13.1 Å². The fraction of sp³-hybridized carbons (Fsp3) is 0.588. The van der Waals surface area contributed by atoms with Crippen LogP contribution in [0.2, 0.25) is 0 Å². The first-order valence-electron chi connectivity index (χ1n) is 9.01. The first kappa shape index (κ1) is 21.3. The minimum atomic E-state index is -3.95. The van der Waals surface area contributed by atoms with Crippen LogP contribution in [-0.2, 0) is 14.8 Å². The fourth-order valence-electron chi connectivity index (χ4n) is 3.12. The molecule has 0 radical (unpaired) electrons. The molecule has 1 atom stereocenters. The number of carbonyl (C=O) groups is 1. The molecule has 0 saturated carbocycles. The van der Waals surface area contributed by atoms with E-state index in [9.17, 15) is 23.3 Å². The maximum Gasteiger partial charge on any atom is 0.289 e. The van der Waals surface area contributed by atoms with Crippen LogP contribution in [0.4, 0.5) is 5.69 Å². The highest BCUT2D eigenvalue weighted by Crippen LogP contribution is 2.26. The molecule has 27 heavy (non-hydrogen) atoms. The monoisotopic (exact) mass is 398 g/mol. The zero-order chi connectivity index (χ0) is 20.0. The number of hydrogen-bond acceptors (Lipinski definition) is 6. The van der Waals surface area contributed by atoms with Gasteiger partial charge >= 0.3 is 0 Å². The molecule has 1 amide bonds. The van der Waals surface area contributed by atoms with Gasteiger partial charge in [0.25, 0.3) is 5.69 Å². The number of para-hydroxylation sites is 1. The Morgan fingerprint density at radius 3 is 2.48 bits per heavy atom. The number of nitro groups is 1. The Hall–Kier alpha value is -2.04. The maximum absolute atomic E-state index is 12.8. The number of nitro benzene ring substituents is 1. The summed E-state index contributed by atoms with van der Waals surface area (Å²) >= 11 is 0. The number of amides is 1. The van der Waals surface area contributed by atoms with Crippen LogP contribution in [0.3, 0.4) is 0 Å². The third kappa shape index (κ3) is 5.47. The maximum atomic E-state index is 12.8. The summed E-state index contributed by atoms with van der Waals surface area (Å²) in [6.07, 6.45) is 1.90. The Bertz CT molecular complexity index is 775. The first-order valence-corrected chi connectivity index (χ1v) is 10.4. The number of piperazine rings is 1. The molecule has 0 unspecified atom stereocenters. The van der Waals surface area contributed by atoms with Gasteiger partial charge in [-0.1, -0.05) is 25.5 Å². The van der Waals surface area contributed by atoms with Gasteiger partial charge in [-0.2, -0.15) is 4.31 Å². The molecule has 1 aliphatic heterocycles. The van der Waals surface area contributed by atoms with Gasteiger partial charge in [-0.05, 0) is 19.4 Å². The lowest BCUT2D eigenvalue weighted by Gasteiger charge is -2.33. The van der Waals surface area contributed by atoms with E-state index in [4.69, 9.17) is 0 Å². The topological polar surface area (TPSA) is 113 Å². The van der Waals surface area contributed by atoms with Crippen molar-refractivity contribution in [2.75, 3.05) is 32.7 Å². The number of hydrogen-bond donors (Lipinski definition) is 1. The van der Waals surface area contributed by atoms with E-state index < -0.39 is 20.6 Å². The van der Waals surface area contributed by atoms with Gasteiger partial charge in [0, 0.05) is 38.3 Å². The molecule has 0 bridgehead atoms. The van der Waals surface area contributed by atoms with Crippen molar-refractivity contribution in [3.63, 3.8) is 0 Å². The average molecular weight is 398 g/mol. The molecule has 0 aliphatic carbocycles. The van der Waals surface area contributed by atoms with Gasteiger partial charge in [0.2, 0.25) is 15.9 Å². The molecule has 9 nitrogen and oxygen atoms in total. The lowest BCUT2D eigenvalue weighted by molar-refractivity contribution is -0.387. The van der Waals surface area contributed by atoms with Gasteiger partial charge in [0.15, 0.2) is 4.90 Å². The van der Waals surface area contributed by atoms with Gasteiger partial charge < -0.3 is 5.32 Å². The van der Waals surface area contributed by atoms with E-state index in [0.717, 1.165) is 12.8 Å². The zero-order valence-electron chi connectivity index (χ0n) is 15.6. The third-order valence-corrected chi connectivity index (χ3v) is 6.45. The third-order valence-electron chi connectivity index (χ3n) is 4.51. The van der Waals surface area contributed by atoms with Gasteiger partial charge in [0.1, 0.15) is 0 Å². The lowest BCUT2D eigenvalue weighted by atomic mass is 10.2. The highest BCUT2D eigenvalue weighted by Gasteiger charge is 2.33. The second-order valence-corrected chi connectivity index (χ2v) is 8.57. The van der Waals surface area contributed by atoms with Crippen LogP contribution in [0.25, 0.3) is 0 Å². The lowest BCUT2D eigenvalue weighted by Crippen LogP contribution is -2.51. The van der Waals surface area contributed by atoms with Crippen molar-refractivity contribution in [3.8, 4) is 0 Å².